The molecule has 0 heterocycles. The number of hydrogen-bond acceptors (Lipinski definition) is 0. The van der Waals surface area contributed by atoms with Crippen molar-refractivity contribution in [2.45, 2.75) is 13.8 Å². The zero-order chi connectivity index (χ0) is 15.8. The first kappa shape index (κ1) is 18.9. The van der Waals surface area contributed by atoms with Crippen LogP contribution in [0.5, 0.6) is 0 Å². The van der Waals surface area contributed by atoms with E-state index in [2.05, 4.69) is 78.5 Å². The van der Waals surface area contributed by atoms with Crippen molar-refractivity contribution < 1.29 is 21.6 Å². The van der Waals surface area contributed by atoms with Crippen molar-refractivity contribution in [1.29, 1.82) is 0 Å². The van der Waals surface area contributed by atoms with E-state index in [9.17, 15) is 0 Å². The van der Waals surface area contributed by atoms with Crippen molar-refractivity contribution in [3.05, 3.63) is 84.5 Å². The molecule has 0 fully saturated rings. The second-order valence-electron chi connectivity index (χ2n) is 5.16. The molecule has 0 aliphatic carbocycles. The van der Waals surface area contributed by atoms with Crippen LogP contribution in [0.2, 0.25) is 0 Å². The van der Waals surface area contributed by atoms with Crippen LogP contribution in [0.25, 0.3) is 0 Å². The lowest BCUT2D eigenvalue weighted by atomic mass is 10.2. The van der Waals surface area contributed by atoms with E-state index in [1.54, 1.807) is 0 Å². The molecule has 1 N–H and O–H groups in total. The second kappa shape index (κ2) is 9.80. The van der Waals surface area contributed by atoms with Gasteiger partial charge in [-0.2, -0.15) is 0 Å². The maximum atomic E-state index is 3.50. The van der Waals surface area contributed by atoms with Crippen LogP contribution in [-0.2, 0) is 0 Å². The Bertz CT molecular complexity index is 686. The Morgan fingerprint density at radius 2 is 1.52 bits per heavy atom. The number of benzene rings is 2. The molecule has 0 bridgehead atoms. The fourth-order valence-corrected chi connectivity index (χ4v) is 2.20. The van der Waals surface area contributed by atoms with E-state index in [-0.39, 0.29) is 17.0 Å². The van der Waals surface area contributed by atoms with Crippen LogP contribution < -0.4 is 22.3 Å². The van der Waals surface area contributed by atoms with Gasteiger partial charge in [-0.05, 0) is 43.7 Å². The Morgan fingerprint density at radius 3 is 2.09 bits per heavy atom. The van der Waals surface area contributed by atoms with E-state index in [1.807, 2.05) is 31.2 Å². The second-order valence-corrected chi connectivity index (χ2v) is 5.16. The first-order valence-electron chi connectivity index (χ1n) is 7.49. The summed E-state index contributed by atoms with van der Waals surface area (Å²) >= 11 is 0. The van der Waals surface area contributed by atoms with Gasteiger partial charge in [-0.15, -0.1) is 0 Å². The molecule has 0 spiro atoms. The maximum Gasteiger partial charge on any atom is 0.279 e. The van der Waals surface area contributed by atoms with Crippen LogP contribution in [0.4, 0.5) is 11.4 Å². The number of allylic oxidation sites excluding steroid dienone is 3. The first-order valence-corrected chi connectivity index (χ1v) is 7.49. The van der Waals surface area contributed by atoms with Crippen molar-refractivity contribution in [2.75, 3.05) is 12.4 Å². The highest BCUT2D eigenvalue weighted by Crippen LogP contribution is 2.12. The molecule has 0 saturated carbocycles. The minimum atomic E-state index is 0. The number of nitrogens with zero attached hydrogens (tertiary/aromatic N) is 1. The third-order valence-corrected chi connectivity index (χ3v) is 3.34. The molecular formula is C20H23BrN2. The molecule has 0 aliphatic rings. The molecule has 120 valence electrons. The van der Waals surface area contributed by atoms with Crippen LogP contribution in [0.15, 0.2) is 84.5 Å². The van der Waals surface area contributed by atoms with E-state index in [0.29, 0.717) is 0 Å². The Kier molecular flexibility index (Phi) is 8.06. The fraction of sp³-hybridized carbons (Fsp3) is 0.150. The molecule has 0 aromatic heterocycles. The van der Waals surface area contributed by atoms with Crippen molar-refractivity contribution in [2.24, 2.45) is 0 Å². The number of nitrogens with one attached hydrogen (secondary N) is 1. The van der Waals surface area contributed by atoms with Gasteiger partial charge in [0.25, 0.3) is 5.84 Å². The molecule has 0 saturated heterocycles. The molecule has 2 aromatic rings. The van der Waals surface area contributed by atoms with Gasteiger partial charge in [0.15, 0.2) is 0 Å². The smallest absolute Gasteiger partial charge is 0.279 e. The van der Waals surface area contributed by atoms with Crippen molar-refractivity contribution in [3.63, 3.8) is 0 Å². The molecule has 0 radical (unpaired) electrons. The summed E-state index contributed by atoms with van der Waals surface area (Å²) in [7, 11) is 2.07. The molecule has 23 heavy (non-hydrogen) atoms. The van der Waals surface area contributed by atoms with Gasteiger partial charge in [0, 0.05) is 6.08 Å². The van der Waals surface area contributed by atoms with Crippen LogP contribution in [0, 0.1) is 0 Å². The third-order valence-electron chi connectivity index (χ3n) is 3.34. The Hall–Kier alpha value is -2.13. The lowest BCUT2D eigenvalue weighted by molar-refractivity contribution is -0.404. The average Bonchev–Trinajstić information content (AvgIpc) is 2.55. The molecule has 2 nitrogen and oxygen atoms in total. The molecule has 0 unspecified atom stereocenters. The quantitative estimate of drug-likeness (QED) is 0.376. The molecule has 0 atom stereocenters. The van der Waals surface area contributed by atoms with Crippen molar-refractivity contribution >= 4 is 17.2 Å². The normalized spacial score (nSPS) is 12.6. The minimum absolute atomic E-state index is 0. The summed E-state index contributed by atoms with van der Waals surface area (Å²) in [6.07, 6.45) is 6.31. The number of amidine groups is 1. The van der Waals surface area contributed by atoms with Gasteiger partial charge in [-0.1, -0.05) is 48.6 Å². The van der Waals surface area contributed by atoms with Gasteiger partial charge >= 0.3 is 0 Å². The standard InChI is InChI=1S/C20H22N2.BrH/c1-4-11-17(2)16-20(21-18-12-7-5-8-13-18)22(3)19-14-9-6-10-15-19;/h4-16H,1-3H3;1H. The maximum absolute atomic E-state index is 3.50. The van der Waals surface area contributed by atoms with Gasteiger partial charge in [0.2, 0.25) is 0 Å². The minimum Gasteiger partial charge on any atom is -1.00 e. The van der Waals surface area contributed by atoms with Crippen molar-refractivity contribution in [1.82, 2.24) is 0 Å². The number of anilines is 1. The SMILES string of the molecule is CC=CC(C)=CC(Nc1ccccc1)=[N+](C)c1ccccc1.[Br-]. The summed E-state index contributed by atoms with van der Waals surface area (Å²) in [4.78, 5) is 0. The highest BCUT2D eigenvalue weighted by molar-refractivity contribution is 6.01. The van der Waals surface area contributed by atoms with Crippen LogP contribution in [0.3, 0.4) is 0 Å². The fourth-order valence-electron chi connectivity index (χ4n) is 2.20. The average molecular weight is 371 g/mol. The monoisotopic (exact) mass is 370 g/mol. The zero-order valence-corrected chi connectivity index (χ0v) is 15.4. The number of para-hydroxylation sites is 2. The van der Waals surface area contributed by atoms with Crippen LogP contribution >= 0.6 is 0 Å². The van der Waals surface area contributed by atoms with Gasteiger partial charge in [0.05, 0.1) is 7.05 Å². The summed E-state index contributed by atoms with van der Waals surface area (Å²) < 4.78 is 2.15. The predicted octanol–water partition coefficient (Wildman–Crippen LogP) is 2.00. The van der Waals surface area contributed by atoms with E-state index in [4.69, 9.17) is 0 Å². The van der Waals surface area contributed by atoms with Crippen molar-refractivity contribution in [3.8, 4) is 0 Å². The molecule has 0 amide bonds. The molecular weight excluding hydrogens is 348 g/mol. The van der Waals surface area contributed by atoms with E-state index in [1.165, 1.54) is 5.57 Å². The molecule has 0 aliphatic heterocycles. The van der Waals surface area contributed by atoms with Gasteiger partial charge in [-0.3, -0.25) is 0 Å². The highest BCUT2D eigenvalue weighted by atomic mass is 79.9. The summed E-state index contributed by atoms with van der Waals surface area (Å²) in [5, 5.41) is 3.50. The third kappa shape index (κ3) is 5.87. The number of rotatable bonds is 4. The largest absolute Gasteiger partial charge is 1.00 e. The Balaban J connectivity index is 0.00000264. The molecule has 2 aromatic carbocycles. The topological polar surface area (TPSA) is 15.0 Å². The zero-order valence-electron chi connectivity index (χ0n) is 13.8. The van der Waals surface area contributed by atoms with Gasteiger partial charge < -0.3 is 17.0 Å². The highest BCUT2D eigenvalue weighted by Gasteiger charge is 2.10. The Morgan fingerprint density at radius 1 is 0.957 bits per heavy atom. The van der Waals surface area contributed by atoms with E-state index in [0.717, 1.165) is 17.2 Å². The number of halogens is 1. The summed E-state index contributed by atoms with van der Waals surface area (Å²) in [5.41, 5.74) is 3.42. The van der Waals surface area contributed by atoms with E-state index < -0.39 is 0 Å². The van der Waals surface area contributed by atoms with Gasteiger partial charge in [0.1, 0.15) is 11.4 Å². The summed E-state index contributed by atoms with van der Waals surface area (Å²) in [6.45, 7) is 4.13. The molecule has 3 heteroatoms. The van der Waals surface area contributed by atoms with E-state index >= 15 is 0 Å². The summed E-state index contributed by atoms with van der Waals surface area (Å²) in [5.74, 6) is 1.04. The lowest BCUT2D eigenvalue weighted by Crippen LogP contribution is -3.00. The van der Waals surface area contributed by atoms with Gasteiger partial charge in [-0.25, -0.2) is 9.89 Å². The number of hydrogen-bond donors (Lipinski definition) is 1. The predicted molar refractivity (Wildman–Crippen MR) is 95.9 cm³/mol. The summed E-state index contributed by atoms with van der Waals surface area (Å²) in [6, 6.07) is 20.6. The van der Waals surface area contributed by atoms with Crippen LogP contribution in [0.1, 0.15) is 13.8 Å². The first-order chi connectivity index (χ1) is 10.7. The van der Waals surface area contributed by atoms with Crippen LogP contribution in [-0.4, -0.2) is 17.5 Å². The lowest BCUT2D eigenvalue weighted by Gasteiger charge is -2.07. The Labute approximate surface area is 149 Å². The molecule has 2 rings (SSSR count).